The molecule has 1 unspecified atom stereocenters. The highest BCUT2D eigenvalue weighted by molar-refractivity contribution is 7.90. The molecule has 6 heteroatoms. The van der Waals surface area contributed by atoms with Crippen molar-refractivity contribution < 1.29 is 13.5 Å². The molecule has 0 aliphatic carbocycles. The summed E-state index contributed by atoms with van der Waals surface area (Å²) < 4.78 is 27.7. The molecule has 0 aliphatic rings. The second kappa shape index (κ2) is 8.71. The number of aliphatic hydroxyl groups excluding tert-OH is 1. The number of rotatable bonds is 6. The van der Waals surface area contributed by atoms with E-state index in [0.717, 1.165) is 27.8 Å². The Labute approximate surface area is 187 Å². The van der Waals surface area contributed by atoms with E-state index in [1.165, 1.54) is 3.97 Å². The monoisotopic (exact) mass is 451 g/mol. The summed E-state index contributed by atoms with van der Waals surface area (Å²) in [5.74, 6) is 0. The van der Waals surface area contributed by atoms with Crippen LogP contribution in [0.5, 0.6) is 0 Å². The average molecular weight is 452 g/mol. The summed E-state index contributed by atoms with van der Waals surface area (Å²) in [7, 11) is -3.75. The number of aromatic nitrogens is 1. The van der Waals surface area contributed by atoms with Crippen LogP contribution in [0.25, 0.3) is 11.1 Å². The van der Waals surface area contributed by atoms with Crippen molar-refractivity contribution in [2.75, 3.05) is 0 Å². The number of halogens is 1. The summed E-state index contributed by atoms with van der Waals surface area (Å²) in [6.45, 7) is 1.91. The van der Waals surface area contributed by atoms with Gasteiger partial charge in [-0.2, -0.15) is 0 Å². The molecular weight excluding hydrogens is 430 g/mol. The predicted octanol–water partition coefficient (Wildman–Crippen LogP) is 5.63. The van der Waals surface area contributed by atoms with Gasteiger partial charge in [0, 0.05) is 29.4 Å². The zero-order valence-electron chi connectivity index (χ0n) is 16.9. The molecule has 31 heavy (non-hydrogen) atoms. The van der Waals surface area contributed by atoms with Crippen LogP contribution in [0, 0.1) is 6.92 Å². The van der Waals surface area contributed by atoms with Crippen molar-refractivity contribution in [3.05, 3.63) is 113 Å². The maximum Gasteiger partial charge on any atom is 0.267 e. The molecule has 0 saturated heterocycles. The van der Waals surface area contributed by atoms with Gasteiger partial charge in [0.1, 0.15) is 0 Å². The van der Waals surface area contributed by atoms with Crippen LogP contribution >= 0.6 is 11.6 Å². The molecule has 0 amide bonds. The zero-order chi connectivity index (χ0) is 22.0. The van der Waals surface area contributed by atoms with Gasteiger partial charge in [-0.05, 0) is 47.9 Å². The fourth-order valence-electron chi connectivity index (χ4n) is 3.49. The quantitative estimate of drug-likeness (QED) is 0.413. The lowest BCUT2D eigenvalue weighted by Gasteiger charge is -2.12. The van der Waals surface area contributed by atoms with Crippen molar-refractivity contribution in [3.63, 3.8) is 0 Å². The summed E-state index contributed by atoms with van der Waals surface area (Å²) in [6, 6.07) is 23.3. The van der Waals surface area contributed by atoms with Crippen LogP contribution in [0.2, 0.25) is 5.02 Å². The van der Waals surface area contributed by atoms with E-state index < -0.39 is 16.1 Å². The van der Waals surface area contributed by atoms with Crippen LogP contribution in [-0.2, 0) is 16.4 Å². The zero-order valence-corrected chi connectivity index (χ0v) is 18.5. The Morgan fingerprint density at radius 1 is 0.903 bits per heavy atom. The first-order chi connectivity index (χ1) is 14.8. The Morgan fingerprint density at radius 3 is 2.19 bits per heavy atom. The third kappa shape index (κ3) is 4.59. The second-order valence-corrected chi connectivity index (χ2v) is 9.76. The Hall–Kier alpha value is -2.86. The van der Waals surface area contributed by atoms with Crippen LogP contribution in [0.4, 0.5) is 0 Å². The predicted molar refractivity (Wildman–Crippen MR) is 124 cm³/mol. The number of hydrogen-bond acceptors (Lipinski definition) is 3. The third-order valence-electron chi connectivity index (χ3n) is 5.23. The largest absolute Gasteiger partial charge is 0.388 e. The molecule has 3 aromatic carbocycles. The first-order valence-corrected chi connectivity index (χ1v) is 11.7. The van der Waals surface area contributed by atoms with Gasteiger partial charge in [0.25, 0.3) is 10.0 Å². The number of aliphatic hydroxyl groups is 1. The molecule has 0 spiro atoms. The van der Waals surface area contributed by atoms with Crippen LogP contribution in [-0.4, -0.2) is 17.5 Å². The number of nitrogens with zero attached hydrogens (tertiary/aromatic N) is 1. The van der Waals surface area contributed by atoms with E-state index in [1.54, 1.807) is 60.9 Å². The molecule has 1 atom stereocenters. The third-order valence-corrected chi connectivity index (χ3v) is 7.12. The lowest BCUT2D eigenvalue weighted by molar-refractivity contribution is 0.178. The summed E-state index contributed by atoms with van der Waals surface area (Å²) in [6.07, 6.45) is 2.69. The SMILES string of the molecule is Cc1ccc(S(=O)(=O)n2cc(CC(O)c3ccc(Cl)cc3)c(-c3ccccc3)c2)cc1. The standard InChI is InChI=1S/C25H22ClNO3S/c1-18-7-13-23(14-8-18)31(29,30)27-16-21(24(17-27)19-5-3-2-4-6-19)15-25(28)20-9-11-22(26)12-10-20/h2-14,16-17,25,28H,15H2,1H3. The highest BCUT2D eigenvalue weighted by Gasteiger charge is 2.21. The fourth-order valence-corrected chi connectivity index (χ4v) is 4.85. The Morgan fingerprint density at radius 2 is 1.55 bits per heavy atom. The topological polar surface area (TPSA) is 59.3 Å². The molecule has 0 aliphatic heterocycles. The van der Waals surface area contributed by atoms with Crippen molar-refractivity contribution in [2.24, 2.45) is 0 Å². The van der Waals surface area contributed by atoms with Crippen LogP contribution in [0.1, 0.15) is 22.8 Å². The van der Waals surface area contributed by atoms with E-state index in [0.29, 0.717) is 5.02 Å². The van der Waals surface area contributed by atoms with Gasteiger partial charge in [0.05, 0.1) is 11.0 Å². The number of hydrogen-bond donors (Lipinski definition) is 1. The van der Waals surface area contributed by atoms with Crippen molar-refractivity contribution in [1.82, 2.24) is 3.97 Å². The molecule has 4 aromatic rings. The normalized spacial score (nSPS) is 12.6. The number of aryl methyl sites for hydroxylation is 1. The average Bonchev–Trinajstić information content (AvgIpc) is 3.20. The van der Waals surface area contributed by atoms with Gasteiger partial charge < -0.3 is 5.11 Å². The second-order valence-electron chi connectivity index (χ2n) is 7.48. The van der Waals surface area contributed by atoms with E-state index in [-0.39, 0.29) is 11.3 Å². The van der Waals surface area contributed by atoms with Crippen LogP contribution < -0.4 is 0 Å². The van der Waals surface area contributed by atoms with Gasteiger partial charge in [-0.3, -0.25) is 0 Å². The first kappa shape index (κ1) is 21.4. The summed E-state index contributed by atoms with van der Waals surface area (Å²) in [5.41, 5.74) is 4.10. The smallest absolute Gasteiger partial charge is 0.267 e. The van der Waals surface area contributed by atoms with E-state index in [1.807, 2.05) is 37.3 Å². The molecule has 1 aromatic heterocycles. The minimum Gasteiger partial charge on any atom is -0.388 e. The van der Waals surface area contributed by atoms with E-state index >= 15 is 0 Å². The van der Waals surface area contributed by atoms with Gasteiger partial charge >= 0.3 is 0 Å². The van der Waals surface area contributed by atoms with Crippen molar-refractivity contribution in [2.45, 2.75) is 24.3 Å². The molecule has 4 nitrogen and oxygen atoms in total. The maximum atomic E-state index is 13.2. The molecule has 0 bridgehead atoms. The summed E-state index contributed by atoms with van der Waals surface area (Å²) >= 11 is 5.95. The van der Waals surface area contributed by atoms with Gasteiger partial charge in [0.15, 0.2) is 0 Å². The molecule has 1 heterocycles. The lowest BCUT2D eigenvalue weighted by atomic mass is 9.97. The molecule has 1 N–H and O–H groups in total. The molecule has 0 fully saturated rings. The van der Waals surface area contributed by atoms with E-state index in [9.17, 15) is 13.5 Å². The van der Waals surface area contributed by atoms with Crippen molar-refractivity contribution in [3.8, 4) is 11.1 Å². The van der Waals surface area contributed by atoms with E-state index in [2.05, 4.69) is 0 Å². The Balaban J connectivity index is 1.76. The molecule has 158 valence electrons. The fraction of sp³-hybridized carbons (Fsp3) is 0.120. The summed E-state index contributed by atoms with van der Waals surface area (Å²) in [5, 5.41) is 11.4. The molecule has 4 rings (SSSR count). The minimum absolute atomic E-state index is 0.220. The van der Waals surface area contributed by atoms with Crippen LogP contribution in [0.3, 0.4) is 0 Å². The van der Waals surface area contributed by atoms with Gasteiger partial charge in [0.2, 0.25) is 0 Å². The first-order valence-electron chi connectivity index (χ1n) is 9.86. The minimum atomic E-state index is -3.75. The summed E-state index contributed by atoms with van der Waals surface area (Å²) in [4.78, 5) is 0.220. The van der Waals surface area contributed by atoms with Gasteiger partial charge in [-0.15, -0.1) is 0 Å². The Kier molecular flexibility index (Phi) is 6.01. The molecule has 0 radical (unpaired) electrons. The lowest BCUT2D eigenvalue weighted by Crippen LogP contribution is -2.11. The van der Waals surface area contributed by atoms with Gasteiger partial charge in [-0.1, -0.05) is 71.8 Å². The molecular formula is C25H22ClNO3S. The van der Waals surface area contributed by atoms with Crippen LogP contribution in [0.15, 0.2) is 96.2 Å². The Bertz CT molecular complexity index is 1280. The van der Waals surface area contributed by atoms with Crippen molar-refractivity contribution >= 4 is 21.6 Å². The highest BCUT2D eigenvalue weighted by atomic mass is 35.5. The van der Waals surface area contributed by atoms with Crippen molar-refractivity contribution in [1.29, 1.82) is 0 Å². The number of benzene rings is 3. The highest BCUT2D eigenvalue weighted by Crippen LogP contribution is 2.31. The molecule has 0 saturated carbocycles. The van der Waals surface area contributed by atoms with E-state index in [4.69, 9.17) is 11.6 Å². The maximum absolute atomic E-state index is 13.2. The van der Waals surface area contributed by atoms with Gasteiger partial charge in [-0.25, -0.2) is 12.4 Å².